The number of amides is 2. The molecule has 34 heavy (non-hydrogen) atoms. The Morgan fingerprint density at radius 1 is 1.09 bits per heavy atom. The molecule has 2 amide bonds. The van der Waals surface area contributed by atoms with E-state index in [1.54, 1.807) is 4.68 Å². The highest BCUT2D eigenvalue weighted by atomic mass is 16.2. The molecule has 2 aromatic carbocycles. The van der Waals surface area contributed by atoms with Crippen LogP contribution in [0.3, 0.4) is 0 Å². The van der Waals surface area contributed by atoms with Gasteiger partial charge in [0.1, 0.15) is 18.1 Å². The number of para-hydroxylation sites is 1. The predicted molar refractivity (Wildman–Crippen MR) is 133 cm³/mol. The first kappa shape index (κ1) is 23.9. The van der Waals surface area contributed by atoms with Crippen LogP contribution in [0.2, 0.25) is 0 Å². The van der Waals surface area contributed by atoms with Crippen molar-refractivity contribution in [1.82, 2.24) is 25.2 Å². The topological polar surface area (TPSA) is 80.1 Å². The smallest absolute Gasteiger partial charge is 0.247 e. The Morgan fingerprint density at radius 3 is 2.50 bits per heavy atom. The van der Waals surface area contributed by atoms with Crippen molar-refractivity contribution in [3.8, 4) is 0 Å². The molecule has 1 aliphatic rings. The number of hydrogen-bond donors (Lipinski definition) is 1. The van der Waals surface area contributed by atoms with E-state index < -0.39 is 6.04 Å². The van der Waals surface area contributed by atoms with Gasteiger partial charge in [-0.15, -0.1) is 5.10 Å². The maximum atomic E-state index is 13.9. The summed E-state index contributed by atoms with van der Waals surface area (Å²) in [4.78, 5) is 29.3. The van der Waals surface area contributed by atoms with Crippen LogP contribution in [0.15, 0.2) is 48.5 Å². The molecule has 0 aliphatic heterocycles. The molecule has 1 saturated carbocycles. The number of rotatable bonds is 9. The standard InChI is InChI=1S/C27H35N5O2/c1-19(2)16-17-28-27(34)26(21-14-12-20(3)13-15-21)32(22-8-4-5-9-22)25(33)18-31-24-11-7-6-10-23(24)29-30-31/h6-7,10-15,19,22,26H,4-5,8-9,16-18H2,1-3H3,(H,28,34)/t26-/m1/s1. The molecular formula is C27H35N5O2. The summed E-state index contributed by atoms with van der Waals surface area (Å²) in [7, 11) is 0. The van der Waals surface area contributed by atoms with Crippen molar-refractivity contribution in [1.29, 1.82) is 0 Å². The lowest BCUT2D eigenvalue weighted by Crippen LogP contribution is -2.49. The van der Waals surface area contributed by atoms with Gasteiger partial charge in [-0.3, -0.25) is 9.59 Å². The van der Waals surface area contributed by atoms with Crippen LogP contribution >= 0.6 is 0 Å². The highest BCUT2D eigenvalue weighted by Gasteiger charge is 2.37. The maximum absolute atomic E-state index is 13.9. The second kappa shape index (κ2) is 10.8. The van der Waals surface area contributed by atoms with Crippen LogP contribution in [0, 0.1) is 12.8 Å². The second-order valence-electron chi connectivity index (χ2n) is 9.76. The lowest BCUT2D eigenvalue weighted by atomic mass is 9.99. The molecule has 4 rings (SSSR count). The highest BCUT2D eigenvalue weighted by molar-refractivity contribution is 5.89. The summed E-state index contributed by atoms with van der Waals surface area (Å²) in [5.41, 5.74) is 3.53. The van der Waals surface area contributed by atoms with Crippen LogP contribution in [-0.4, -0.2) is 44.3 Å². The Morgan fingerprint density at radius 2 is 1.79 bits per heavy atom. The third-order valence-electron chi connectivity index (χ3n) is 6.65. The Bertz CT molecular complexity index is 1120. The van der Waals surface area contributed by atoms with Gasteiger partial charge in [0, 0.05) is 12.6 Å². The van der Waals surface area contributed by atoms with Crippen LogP contribution < -0.4 is 5.32 Å². The van der Waals surface area contributed by atoms with Gasteiger partial charge in [0.05, 0.1) is 5.52 Å². The maximum Gasteiger partial charge on any atom is 0.247 e. The third-order valence-corrected chi connectivity index (χ3v) is 6.65. The van der Waals surface area contributed by atoms with Gasteiger partial charge >= 0.3 is 0 Å². The first-order chi connectivity index (χ1) is 16.4. The van der Waals surface area contributed by atoms with Crippen molar-refractivity contribution in [2.45, 2.75) is 71.5 Å². The van der Waals surface area contributed by atoms with Crippen molar-refractivity contribution in [3.05, 3.63) is 59.7 Å². The third kappa shape index (κ3) is 5.46. The molecule has 3 aromatic rings. The van der Waals surface area contributed by atoms with Crippen LogP contribution in [0.5, 0.6) is 0 Å². The number of benzene rings is 2. The molecular weight excluding hydrogens is 426 g/mol. The largest absolute Gasteiger partial charge is 0.354 e. The average Bonchev–Trinajstić information content (AvgIpc) is 3.48. The van der Waals surface area contributed by atoms with Crippen molar-refractivity contribution in [2.24, 2.45) is 5.92 Å². The quantitative estimate of drug-likeness (QED) is 0.512. The number of aryl methyl sites for hydroxylation is 1. The number of aromatic nitrogens is 3. The lowest BCUT2D eigenvalue weighted by molar-refractivity contribution is -0.144. The van der Waals surface area contributed by atoms with Gasteiger partial charge in [0.15, 0.2) is 0 Å². The first-order valence-corrected chi connectivity index (χ1v) is 12.4. The first-order valence-electron chi connectivity index (χ1n) is 12.4. The van der Waals surface area contributed by atoms with Crippen molar-refractivity contribution < 1.29 is 9.59 Å². The summed E-state index contributed by atoms with van der Waals surface area (Å²) < 4.78 is 1.64. The van der Waals surface area contributed by atoms with E-state index >= 15 is 0 Å². The molecule has 0 spiro atoms. The number of hydrogen-bond acceptors (Lipinski definition) is 4. The minimum absolute atomic E-state index is 0.0319. The van der Waals surface area contributed by atoms with E-state index in [4.69, 9.17) is 0 Å². The highest BCUT2D eigenvalue weighted by Crippen LogP contribution is 2.32. The summed E-state index contributed by atoms with van der Waals surface area (Å²) in [5.74, 6) is 0.270. The molecule has 1 atom stereocenters. The Balaban J connectivity index is 1.67. The number of carbonyl (C=O) groups is 2. The SMILES string of the molecule is Cc1ccc([C@H](C(=O)NCCC(C)C)N(C(=O)Cn2nnc3ccccc32)C2CCCC2)cc1. The van der Waals surface area contributed by atoms with E-state index in [1.165, 1.54) is 0 Å². The molecule has 7 heteroatoms. The zero-order valence-corrected chi connectivity index (χ0v) is 20.4. The average molecular weight is 462 g/mol. The lowest BCUT2D eigenvalue weighted by Gasteiger charge is -2.36. The molecule has 1 aliphatic carbocycles. The van der Waals surface area contributed by atoms with Crippen molar-refractivity contribution in [3.63, 3.8) is 0 Å². The van der Waals surface area contributed by atoms with Gasteiger partial charge in [-0.05, 0) is 49.8 Å². The van der Waals surface area contributed by atoms with Crippen LogP contribution in [0.1, 0.15) is 63.1 Å². The summed E-state index contributed by atoms with van der Waals surface area (Å²) in [5, 5.41) is 11.5. The Kier molecular flexibility index (Phi) is 7.60. The van der Waals surface area contributed by atoms with Gasteiger partial charge in [0.2, 0.25) is 11.8 Å². The van der Waals surface area contributed by atoms with Gasteiger partial charge in [0.25, 0.3) is 0 Å². The fraction of sp³-hybridized carbons (Fsp3) is 0.481. The Labute approximate surface area is 201 Å². The molecule has 0 bridgehead atoms. The van der Waals surface area contributed by atoms with Gasteiger partial charge in [-0.25, -0.2) is 4.68 Å². The minimum atomic E-state index is -0.668. The predicted octanol–water partition coefficient (Wildman–Crippen LogP) is 4.41. The summed E-state index contributed by atoms with van der Waals surface area (Å²) >= 11 is 0. The normalized spacial score (nSPS) is 15.1. The van der Waals surface area contributed by atoms with Crippen LogP contribution in [0.4, 0.5) is 0 Å². The molecule has 7 nitrogen and oxygen atoms in total. The summed E-state index contributed by atoms with van der Waals surface area (Å²) in [6.45, 7) is 6.95. The monoisotopic (exact) mass is 461 g/mol. The molecule has 0 saturated heterocycles. The van der Waals surface area contributed by atoms with Crippen LogP contribution in [-0.2, 0) is 16.1 Å². The molecule has 0 unspecified atom stereocenters. The molecule has 180 valence electrons. The Hall–Kier alpha value is -3.22. The molecule has 1 aromatic heterocycles. The van der Waals surface area contributed by atoms with E-state index in [9.17, 15) is 9.59 Å². The van der Waals surface area contributed by atoms with Gasteiger partial charge in [-0.2, -0.15) is 0 Å². The van der Waals surface area contributed by atoms with Crippen LogP contribution in [0.25, 0.3) is 11.0 Å². The zero-order chi connectivity index (χ0) is 24.1. The molecule has 1 heterocycles. The zero-order valence-electron chi connectivity index (χ0n) is 20.4. The molecule has 0 radical (unpaired) electrons. The van der Waals surface area contributed by atoms with Gasteiger partial charge < -0.3 is 10.2 Å². The summed E-state index contributed by atoms with van der Waals surface area (Å²) in [6.07, 6.45) is 4.85. The number of nitrogens with zero attached hydrogens (tertiary/aromatic N) is 4. The van der Waals surface area contributed by atoms with E-state index in [2.05, 4.69) is 29.5 Å². The van der Waals surface area contributed by atoms with Gasteiger partial charge in [-0.1, -0.05) is 73.9 Å². The molecule has 1 N–H and O–H groups in total. The van der Waals surface area contributed by atoms with Crippen molar-refractivity contribution in [2.75, 3.05) is 6.54 Å². The number of carbonyl (C=O) groups excluding carboxylic acids is 2. The second-order valence-corrected chi connectivity index (χ2v) is 9.76. The van der Waals surface area contributed by atoms with Crippen molar-refractivity contribution >= 4 is 22.8 Å². The van der Waals surface area contributed by atoms with E-state index in [1.807, 2.05) is 60.4 Å². The number of fused-ring (bicyclic) bond motifs is 1. The summed E-state index contributed by atoms with van der Waals surface area (Å²) in [6, 6.07) is 14.9. The minimum Gasteiger partial charge on any atom is -0.354 e. The fourth-order valence-electron chi connectivity index (χ4n) is 4.75. The fourth-order valence-corrected chi connectivity index (χ4v) is 4.75. The van der Waals surface area contributed by atoms with E-state index in [0.29, 0.717) is 12.5 Å². The van der Waals surface area contributed by atoms with E-state index in [-0.39, 0.29) is 24.4 Å². The van der Waals surface area contributed by atoms with E-state index in [0.717, 1.165) is 54.3 Å². The number of nitrogens with one attached hydrogen (secondary N) is 1. The molecule has 1 fully saturated rings.